The van der Waals surface area contributed by atoms with Crippen molar-refractivity contribution in [2.75, 3.05) is 0 Å². The quantitative estimate of drug-likeness (QED) is 0.547. The van der Waals surface area contributed by atoms with Crippen LogP contribution in [0.25, 0.3) is 0 Å². The minimum absolute atomic E-state index is 0.873. The minimum atomic E-state index is 0.873. The molecule has 0 spiro atoms. The second-order valence-corrected chi connectivity index (χ2v) is 1.88. The fourth-order valence-electron chi connectivity index (χ4n) is 0.653. The van der Waals surface area contributed by atoms with Crippen LogP contribution in [0.3, 0.4) is 0 Å². The summed E-state index contributed by atoms with van der Waals surface area (Å²) in [4.78, 5) is 7.62. The van der Waals surface area contributed by atoms with Crippen molar-refractivity contribution in [3.63, 3.8) is 0 Å². The molecule has 0 bridgehead atoms. The van der Waals surface area contributed by atoms with Gasteiger partial charge in [0, 0.05) is 0 Å². The van der Waals surface area contributed by atoms with E-state index in [0.29, 0.717) is 0 Å². The first-order valence-electron chi connectivity index (χ1n) is 4.24. The van der Waals surface area contributed by atoms with Gasteiger partial charge in [0.1, 0.15) is 6.34 Å². The molecule has 0 saturated carbocycles. The summed E-state index contributed by atoms with van der Waals surface area (Å²) in [6, 6.07) is 9.55. The van der Waals surface area contributed by atoms with E-state index in [1.807, 2.05) is 44.2 Å². The third kappa shape index (κ3) is 5.61. The SMILES string of the molecule is CC.NC=NC=Nc1ccccc1. The molecule has 0 radical (unpaired) electrons. The Bertz CT molecular complexity index is 252. The molecule has 0 atom stereocenters. The average Bonchev–Trinajstić information content (AvgIpc) is 2.23. The first-order valence-corrected chi connectivity index (χ1v) is 4.24. The van der Waals surface area contributed by atoms with Gasteiger partial charge >= 0.3 is 0 Å². The van der Waals surface area contributed by atoms with Gasteiger partial charge in [-0.2, -0.15) is 0 Å². The summed E-state index contributed by atoms with van der Waals surface area (Å²) in [5.74, 6) is 0. The number of para-hydroxylation sites is 1. The molecular weight excluding hydrogens is 162 g/mol. The van der Waals surface area contributed by atoms with Crippen molar-refractivity contribution in [1.82, 2.24) is 0 Å². The molecule has 0 saturated heterocycles. The highest BCUT2D eigenvalue weighted by Crippen LogP contribution is 2.07. The van der Waals surface area contributed by atoms with Gasteiger partial charge in [-0.1, -0.05) is 32.0 Å². The Balaban J connectivity index is 0.000000671. The average molecular weight is 177 g/mol. The number of nitrogens with zero attached hydrogens (tertiary/aromatic N) is 2. The summed E-state index contributed by atoms with van der Waals surface area (Å²) in [5.41, 5.74) is 5.88. The highest BCUT2D eigenvalue weighted by molar-refractivity contribution is 5.71. The van der Waals surface area contributed by atoms with Crippen LogP contribution in [0.15, 0.2) is 40.3 Å². The van der Waals surface area contributed by atoms with E-state index in [1.165, 1.54) is 12.7 Å². The van der Waals surface area contributed by atoms with Crippen LogP contribution < -0.4 is 5.73 Å². The van der Waals surface area contributed by atoms with E-state index >= 15 is 0 Å². The molecule has 3 heteroatoms. The molecule has 13 heavy (non-hydrogen) atoms. The first kappa shape index (κ1) is 11.4. The van der Waals surface area contributed by atoms with Crippen molar-refractivity contribution < 1.29 is 0 Å². The van der Waals surface area contributed by atoms with Crippen LogP contribution in [-0.2, 0) is 0 Å². The summed E-state index contributed by atoms with van der Waals surface area (Å²) in [5, 5.41) is 0. The summed E-state index contributed by atoms with van der Waals surface area (Å²) < 4.78 is 0. The van der Waals surface area contributed by atoms with Crippen molar-refractivity contribution in [3.05, 3.63) is 30.3 Å². The second kappa shape index (κ2) is 8.46. The Morgan fingerprint density at radius 2 is 1.77 bits per heavy atom. The molecular formula is C10H15N3. The van der Waals surface area contributed by atoms with Crippen LogP contribution in [0, 0.1) is 0 Å². The smallest absolute Gasteiger partial charge is 0.117 e. The Labute approximate surface area is 79.0 Å². The van der Waals surface area contributed by atoms with Crippen LogP contribution in [0.1, 0.15) is 13.8 Å². The second-order valence-electron chi connectivity index (χ2n) is 1.88. The lowest BCUT2D eigenvalue weighted by Gasteiger charge is -1.87. The number of nitrogens with two attached hydrogens (primary N) is 1. The van der Waals surface area contributed by atoms with E-state index in [0.717, 1.165) is 5.69 Å². The molecule has 0 fully saturated rings. The summed E-state index contributed by atoms with van der Waals surface area (Å²) in [6.45, 7) is 4.00. The van der Waals surface area contributed by atoms with Crippen molar-refractivity contribution in [3.8, 4) is 0 Å². The topological polar surface area (TPSA) is 50.7 Å². The third-order valence-electron chi connectivity index (χ3n) is 1.12. The van der Waals surface area contributed by atoms with Gasteiger partial charge in [-0.15, -0.1) is 0 Å². The fourth-order valence-corrected chi connectivity index (χ4v) is 0.653. The van der Waals surface area contributed by atoms with Crippen LogP contribution in [-0.4, -0.2) is 12.7 Å². The molecule has 2 N–H and O–H groups in total. The monoisotopic (exact) mass is 177 g/mol. The third-order valence-corrected chi connectivity index (χ3v) is 1.12. The van der Waals surface area contributed by atoms with Crippen molar-refractivity contribution in [1.29, 1.82) is 0 Å². The molecule has 70 valence electrons. The molecule has 0 unspecified atom stereocenters. The van der Waals surface area contributed by atoms with Crippen LogP contribution in [0.5, 0.6) is 0 Å². The number of hydrogen-bond donors (Lipinski definition) is 1. The lowest BCUT2D eigenvalue weighted by molar-refractivity contribution is 1.50. The first-order chi connectivity index (χ1) is 6.43. The van der Waals surface area contributed by atoms with Crippen molar-refractivity contribution >= 4 is 18.4 Å². The van der Waals surface area contributed by atoms with E-state index in [2.05, 4.69) is 9.98 Å². The number of aliphatic imine (C=N–C) groups is 2. The lowest BCUT2D eigenvalue weighted by Crippen LogP contribution is -1.87. The van der Waals surface area contributed by atoms with Crippen LogP contribution >= 0.6 is 0 Å². The molecule has 0 amide bonds. The number of rotatable bonds is 2. The maximum Gasteiger partial charge on any atom is 0.117 e. The van der Waals surface area contributed by atoms with Gasteiger partial charge in [-0.3, -0.25) is 0 Å². The predicted molar refractivity (Wildman–Crippen MR) is 58.6 cm³/mol. The predicted octanol–water partition coefficient (Wildman–Crippen LogP) is 2.36. The zero-order valence-corrected chi connectivity index (χ0v) is 8.01. The lowest BCUT2D eigenvalue weighted by atomic mass is 10.3. The molecule has 0 aliphatic rings. The van der Waals surface area contributed by atoms with Gasteiger partial charge in [0.05, 0.1) is 12.0 Å². The van der Waals surface area contributed by atoms with Gasteiger partial charge in [0.15, 0.2) is 0 Å². The normalized spacial score (nSPS) is 10.0. The maximum absolute atomic E-state index is 5.01. The molecule has 1 aromatic carbocycles. The molecule has 1 rings (SSSR count). The van der Waals surface area contributed by atoms with Crippen molar-refractivity contribution in [2.45, 2.75) is 13.8 Å². The van der Waals surface area contributed by atoms with Gasteiger partial charge in [0.25, 0.3) is 0 Å². The van der Waals surface area contributed by atoms with Gasteiger partial charge in [-0.25, -0.2) is 9.98 Å². The van der Waals surface area contributed by atoms with E-state index in [9.17, 15) is 0 Å². The highest BCUT2D eigenvalue weighted by atomic mass is 14.9. The Kier molecular flexibility index (Phi) is 7.39. The molecule has 0 aliphatic heterocycles. The van der Waals surface area contributed by atoms with E-state index in [1.54, 1.807) is 0 Å². The highest BCUT2D eigenvalue weighted by Gasteiger charge is 1.79. The van der Waals surface area contributed by atoms with Gasteiger partial charge in [-0.05, 0) is 12.1 Å². The van der Waals surface area contributed by atoms with Crippen LogP contribution in [0.2, 0.25) is 0 Å². The molecule has 1 aromatic rings. The number of benzene rings is 1. The molecule has 0 aliphatic carbocycles. The van der Waals surface area contributed by atoms with Gasteiger partial charge < -0.3 is 5.73 Å². The Morgan fingerprint density at radius 1 is 1.15 bits per heavy atom. The standard InChI is InChI=1S/C8H9N3.C2H6/c9-6-10-7-11-8-4-2-1-3-5-8;1-2/h1-7H,(H2,9,10,11);1-2H3. The van der Waals surface area contributed by atoms with E-state index in [4.69, 9.17) is 5.73 Å². The minimum Gasteiger partial charge on any atom is -0.390 e. The van der Waals surface area contributed by atoms with E-state index < -0.39 is 0 Å². The van der Waals surface area contributed by atoms with E-state index in [-0.39, 0.29) is 0 Å². The fraction of sp³-hybridized carbons (Fsp3) is 0.200. The number of hydrogen-bond acceptors (Lipinski definition) is 1. The van der Waals surface area contributed by atoms with Crippen LogP contribution in [0.4, 0.5) is 5.69 Å². The van der Waals surface area contributed by atoms with Gasteiger partial charge in [0.2, 0.25) is 0 Å². The Hall–Kier alpha value is -1.64. The summed E-state index contributed by atoms with van der Waals surface area (Å²) >= 11 is 0. The largest absolute Gasteiger partial charge is 0.390 e. The summed E-state index contributed by atoms with van der Waals surface area (Å²) in [7, 11) is 0. The Morgan fingerprint density at radius 3 is 2.31 bits per heavy atom. The maximum atomic E-state index is 5.01. The molecule has 0 heterocycles. The molecule has 0 aromatic heterocycles. The van der Waals surface area contributed by atoms with Crippen molar-refractivity contribution in [2.24, 2.45) is 15.7 Å². The summed E-state index contributed by atoms with van der Waals surface area (Å²) in [6.07, 6.45) is 2.61. The zero-order valence-electron chi connectivity index (χ0n) is 8.01. The zero-order chi connectivity index (χ0) is 9.94. The molecule has 3 nitrogen and oxygen atoms in total.